The van der Waals surface area contributed by atoms with Gasteiger partial charge in [0.2, 0.25) is 5.91 Å². The zero-order valence-electron chi connectivity index (χ0n) is 15.4. The average Bonchev–Trinajstić information content (AvgIpc) is 3.36. The fraction of sp³-hybridized carbons (Fsp3) is 0.190. The van der Waals surface area contributed by atoms with Gasteiger partial charge in [-0.25, -0.2) is 4.68 Å². The number of hydrogen-bond acceptors (Lipinski definition) is 5. The number of aromatic nitrogens is 2. The molecule has 28 heavy (non-hydrogen) atoms. The normalized spacial score (nSPS) is 10.6. The minimum absolute atomic E-state index is 0.164. The van der Waals surface area contributed by atoms with E-state index in [2.05, 4.69) is 23.1 Å². The summed E-state index contributed by atoms with van der Waals surface area (Å²) in [5.41, 5.74) is 1.07. The van der Waals surface area contributed by atoms with E-state index in [-0.39, 0.29) is 12.5 Å². The maximum absolute atomic E-state index is 12.6. The van der Waals surface area contributed by atoms with Gasteiger partial charge in [0.05, 0.1) is 24.7 Å². The molecule has 3 rings (SSSR count). The van der Waals surface area contributed by atoms with Crippen molar-refractivity contribution in [1.82, 2.24) is 14.7 Å². The smallest absolute Gasteiger partial charge is 0.239 e. The molecule has 0 radical (unpaired) electrons. The van der Waals surface area contributed by atoms with Crippen LogP contribution in [0.25, 0.3) is 5.69 Å². The quantitative estimate of drug-likeness (QED) is 0.581. The molecule has 1 N–H and O–H groups in total. The summed E-state index contributed by atoms with van der Waals surface area (Å²) in [5, 5.41) is 16.4. The summed E-state index contributed by atoms with van der Waals surface area (Å²) in [6.45, 7) is 5.14. The van der Waals surface area contributed by atoms with Crippen molar-refractivity contribution in [2.24, 2.45) is 0 Å². The molecular weight excluding hydrogens is 354 g/mol. The molecule has 1 aromatic carbocycles. The van der Waals surface area contributed by atoms with Crippen molar-refractivity contribution in [2.45, 2.75) is 6.42 Å². The maximum Gasteiger partial charge on any atom is 0.239 e. The number of hydrogen-bond donors (Lipinski definition) is 1. The van der Waals surface area contributed by atoms with Crippen molar-refractivity contribution < 1.29 is 9.21 Å². The van der Waals surface area contributed by atoms with Crippen LogP contribution in [0.1, 0.15) is 11.3 Å². The van der Waals surface area contributed by atoms with Gasteiger partial charge in [0.25, 0.3) is 0 Å². The summed E-state index contributed by atoms with van der Waals surface area (Å²) >= 11 is 0. The summed E-state index contributed by atoms with van der Waals surface area (Å²) in [5.74, 6) is 1.00. The first-order valence-corrected chi connectivity index (χ1v) is 8.90. The van der Waals surface area contributed by atoms with Gasteiger partial charge in [0.1, 0.15) is 17.4 Å². The monoisotopic (exact) mass is 375 g/mol. The van der Waals surface area contributed by atoms with Gasteiger partial charge in [-0.1, -0.05) is 24.3 Å². The van der Waals surface area contributed by atoms with Crippen LogP contribution in [-0.4, -0.2) is 40.2 Å². The Morgan fingerprint density at radius 1 is 1.32 bits per heavy atom. The lowest BCUT2D eigenvalue weighted by Crippen LogP contribution is -2.35. The number of para-hydroxylation sites is 1. The van der Waals surface area contributed by atoms with Gasteiger partial charge in [0.15, 0.2) is 5.82 Å². The van der Waals surface area contributed by atoms with E-state index in [9.17, 15) is 10.1 Å². The van der Waals surface area contributed by atoms with E-state index < -0.39 is 0 Å². The van der Waals surface area contributed by atoms with E-state index in [1.807, 2.05) is 47.4 Å². The van der Waals surface area contributed by atoms with Crippen molar-refractivity contribution in [1.29, 1.82) is 5.26 Å². The number of amides is 1. The van der Waals surface area contributed by atoms with E-state index >= 15 is 0 Å². The third kappa shape index (κ3) is 4.75. The number of benzene rings is 1. The van der Waals surface area contributed by atoms with Crippen LogP contribution in [0.4, 0.5) is 5.82 Å². The van der Waals surface area contributed by atoms with Crippen LogP contribution in [0.15, 0.2) is 72.0 Å². The Balaban J connectivity index is 1.70. The molecular formula is C21H21N5O2. The number of carbonyl (C=O) groups is 1. The predicted molar refractivity (Wildman–Crippen MR) is 106 cm³/mol. The Hall–Kier alpha value is -3.63. The number of anilines is 1. The van der Waals surface area contributed by atoms with Gasteiger partial charge in [-0.05, 0) is 24.3 Å². The zero-order valence-corrected chi connectivity index (χ0v) is 15.4. The maximum atomic E-state index is 12.6. The van der Waals surface area contributed by atoms with Crippen LogP contribution in [0.2, 0.25) is 0 Å². The van der Waals surface area contributed by atoms with Crippen LogP contribution in [0.5, 0.6) is 0 Å². The highest BCUT2D eigenvalue weighted by molar-refractivity contribution is 5.93. The highest BCUT2D eigenvalue weighted by atomic mass is 16.3. The molecule has 3 aromatic rings. The molecule has 0 spiro atoms. The number of nitrogens with one attached hydrogen (secondary N) is 1. The molecule has 7 heteroatoms. The lowest BCUT2D eigenvalue weighted by Gasteiger charge is -2.19. The Bertz CT molecular complexity index is 955. The molecule has 0 atom stereocenters. The van der Waals surface area contributed by atoms with Gasteiger partial charge in [-0.15, -0.1) is 6.58 Å². The standard InChI is InChI=1S/C21H21N5O2/c1-2-11-25(12-10-19-9-6-13-28-19)16-20(27)24-21-17(14-22)15-23-26(21)18-7-4-3-5-8-18/h2-9,13,15H,1,10-12,16H2,(H,24,27). The SMILES string of the molecule is C=CCN(CCc1ccco1)CC(=O)Nc1c(C#N)cnn1-c1ccccc1. The van der Waals surface area contributed by atoms with Gasteiger partial charge in [-0.2, -0.15) is 10.4 Å². The molecule has 0 saturated carbocycles. The second-order valence-corrected chi connectivity index (χ2v) is 6.17. The molecule has 7 nitrogen and oxygen atoms in total. The van der Waals surface area contributed by atoms with Crippen molar-refractivity contribution in [3.63, 3.8) is 0 Å². The second-order valence-electron chi connectivity index (χ2n) is 6.17. The van der Waals surface area contributed by atoms with Crippen molar-refractivity contribution in [3.05, 3.63) is 78.9 Å². The van der Waals surface area contributed by atoms with Crippen LogP contribution in [0.3, 0.4) is 0 Å². The number of rotatable bonds is 9. The Labute approximate surface area is 163 Å². The third-order valence-corrected chi connectivity index (χ3v) is 4.16. The molecule has 0 fully saturated rings. The minimum atomic E-state index is -0.226. The second kappa shape index (κ2) is 9.35. The molecule has 142 valence electrons. The summed E-state index contributed by atoms with van der Waals surface area (Å²) in [4.78, 5) is 14.6. The van der Waals surface area contributed by atoms with Crippen molar-refractivity contribution in [3.8, 4) is 11.8 Å². The Morgan fingerprint density at radius 3 is 2.82 bits per heavy atom. The first-order valence-electron chi connectivity index (χ1n) is 8.90. The van der Waals surface area contributed by atoms with Gasteiger partial charge in [0, 0.05) is 19.5 Å². The van der Waals surface area contributed by atoms with Gasteiger partial charge >= 0.3 is 0 Å². The van der Waals surface area contributed by atoms with Crippen LogP contribution in [-0.2, 0) is 11.2 Å². The first kappa shape index (κ1) is 19.1. The van der Waals surface area contributed by atoms with E-state index in [0.717, 1.165) is 11.4 Å². The topological polar surface area (TPSA) is 87.1 Å². The molecule has 0 aliphatic carbocycles. The number of nitriles is 1. The van der Waals surface area contributed by atoms with E-state index in [4.69, 9.17) is 4.42 Å². The molecule has 2 heterocycles. The Kier molecular flexibility index (Phi) is 6.39. The molecule has 0 bridgehead atoms. The molecule has 0 unspecified atom stereocenters. The fourth-order valence-electron chi connectivity index (χ4n) is 2.83. The van der Waals surface area contributed by atoms with E-state index in [0.29, 0.717) is 30.9 Å². The largest absolute Gasteiger partial charge is 0.469 e. The molecule has 2 aromatic heterocycles. The van der Waals surface area contributed by atoms with E-state index in [1.165, 1.54) is 6.20 Å². The number of carbonyl (C=O) groups excluding carboxylic acids is 1. The number of furan rings is 1. The highest BCUT2D eigenvalue weighted by Gasteiger charge is 2.17. The fourth-order valence-corrected chi connectivity index (χ4v) is 2.83. The Morgan fingerprint density at radius 2 is 2.14 bits per heavy atom. The summed E-state index contributed by atoms with van der Waals surface area (Å²) in [6.07, 6.45) is 5.53. The van der Waals surface area contributed by atoms with Crippen molar-refractivity contribution >= 4 is 11.7 Å². The molecule has 0 aliphatic heterocycles. The third-order valence-electron chi connectivity index (χ3n) is 4.16. The highest BCUT2D eigenvalue weighted by Crippen LogP contribution is 2.19. The average molecular weight is 375 g/mol. The van der Waals surface area contributed by atoms with Crippen LogP contribution in [0, 0.1) is 11.3 Å². The van der Waals surface area contributed by atoms with Gasteiger partial charge in [-0.3, -0.25) is 9.69 Å². The summed E-state index contributed by atoms with van der Waals surface area (Å²) in [6, 6.07) is 15.2. The van der Waals surface area contributed by atoms with Gasteiger partial charge < -0.3 is 9.73 Å². The molecule has 0 aliphatic rings. The van der Waals surface area contributed by atoms with E-state index in [1.54, 1.807) is 17.0 Å². The molecule has 0 saturated heterocycles. The minimum Gasteiger partial charge on any atom is -0.469 e. The van der Waals surface area contributed by atoms with Crippen LogP contribution >= 0.6 is 0 Å². The number of nitrogens with zero attached hydrogens (tertiary/aromatic N) is 4. The summed E-state index contributed by atoms with van der Waals surface area (Å²) < 4.78 is 6.90. The van der Waals surface area contributed by atoms with Crippen LogP contribution < -0.4 is 5.32 Å². The first-order chi connectivity index (χ1) is 13.7. The zero-order chi connectivity index (χ0) is 19.8. The summed E-state index contributed by atoms with van der Waals surface area (Å²) in [7, 11) is 0. The lowest BCUT2D eigenvalue weighted by molar-refractivity contribution is -0.117. The lowest BCUT2D eigenvalue weighted by atomic mass is 10.3. The van der Waals surface area contributed by atoms with Crippen molar-refractivity contribution in [2.75, 3.05) is 25.0 Å². The molecule has 1 amide bonds. The predicted octanol–water partition coefficient (Wildman–Crippen LogP) is 3.01.